The Morgan fingerprint density at radius 3 is 3.00 bits per heavy atom. The molecule has 0 aliphatic heterocycles. The van der Waals surface area contributed by atoms with E-state index in [1.165, 1.54) is 0 Å². The van der Waals surface area contributed by atoms with Crippen molar-refractivity contribution in [1.29, 1.82) is 0 Å². The lowest BCUT2D eigenvalue weighted by Gasteiger charge is -2.28. The first-order chi connectivity index (χ1) is 9.67. The first kappa shape index (κ1) is 14.7. The van der Waals surface area contributed by atoms with E-state index in [9.17, 15) is 0 Å². The van der Waals surface area contributed by atoms with Crippen molar-refractivity contribution in [2.45, 2.75) is 25.4 Å². The number of ether oxygens (including phenoxy) is 1. The smallest absolute Gasteiger partial charge is 0.241 e. The molecule has 1 atom stereocenters. The molecule has 2 rings (SSSR count). The van der Waals surface area contributed by atoms with Gasteiger partial charge in [0.05, 0.1) is 19.4 Å². The molecule has 110 valence electrons. The van der Waals surface area contributed by atoms with E-state index < -0.39 is 0 Å². The molecule has 0 fully saturated rings. The Hall–Kier alpha value is -1.70. The van der Waals surface area contributed by atoms with Crippen LogP contribution in [-0.2, 0) is 11.3 Å². The summed E-state index contributed by atoms with van der Waals surface area (Å²) in [7, 11) is 1.62. The van der Waals surface area contributed by atoms with E-state index in [4.69, 9.17) is 18.8 Å². The number of aliphatic hydroxyl groups excluding tert-OH is 1. The van der Waals surface area contributed by atoms with Crippen LogP contribution in [0.2, 0.25) is 0 Å². The molecular formula is C13H19N3O4. The van der Waals surface area contributed by atoms with Gasteiger partial charge < -0.3 is 24.1 Å². The van der Waals surface area contributed by atoms with Crippen LogP contribution < -0.4 is 5.32 Å². The van der Waals surface area contributed by atoms with Crippen LogP contribution in [0.25, 0.3) is 11.6 Å². The van der Waals surface area contributed by atoms with E-state index in [0.29, 0.717) is 37.0 Å². The molecule has 2 aromatic rings. The summed E-state index contributed by atoms with van der Waals surface area (Å²) >= 11 is 0. The summed E-state index contributed by atoms with van der Waals surface area (Å²) in [5.41, 5.74) is -0.344. The molecular weight excluding hydrogens is 262 g/mol. The number of furan rings is 1. The van der Waals surface area contributed by atoms with Crippen molar-refractivity contribution in [1.82, 2.24) is 15.5 Å². The highest BCUT2D eigenvalue weighted by atomic mass is 16.5. The molecule has 2 heterocycles. The van der Waals surface area contributed by atoms with E-state index in [0.717, 1.165) is 0 Å². The van der Waals surface area contributed by atoms with Gasteiger partial charge in [-0.05, 0) is 25.5 Å². The third kappa shape index (κ3) is 3.66. The molecule has 1 unspecified atom stereocenters. The van der Waals surface area contributed by atoms with Gasteiger partial charge in [-0.3, -0.25) is 0 Å². The lowest BCUT2D eigenvalue weighted by atomic mass is 9.99. The van der Waals surface area contributed by atoms with Gasteiger partial charge in [-0.15, -0.1) is 0 Å². The van der Waals surface area contributed by atoms with E-state index >= 15 is 0 Å². The topological polar surface area (TPSA) is 93.6 Å². The van der Waals surface area contributed by atoms with Crippen molar-refractivity contribution in [2.75, 3.05) is 20.3 Å². The second-order valence-corrected chi connectivity index (χ2v) is 4.81. The van der Waals surface area contributed by atoms with Crippen LogP contribution in [0.5, 0.6) is 0 Å². The Kier molecular flexibility index (Phi) is 4.89. The van der Waals surface area contributed by atoms with Gasteiger partial charge in [0.25, 0.3) is 0 Å². The quantitative estimate of drug-likeness (QED) is 0.751. The van der Waals surface area contributed by atoms with Crippen molar-refractivity contribution in [3.8, 4) is 11.6 Å². The van der Waals surface area contributed by atoms with Crippen LogP contribution in [0.4, 0.5) is 0 Å². The molecule has 0 saturated heterocycles. The molecule has 0 saturated carbocycles. The predicted molar refractivity (Wildman–Crippen MR) is 70.8 cm³/mol. The fourth-order valence-electron chi connectivity index (χ4n) is 1.90. The summed E-state index contributed by atoms with van der Waals surface area (Å²) < 4.78 is 15.5. The molecule has 7 heteroatoms. The summed E-state index contributed by atoms with van der Waals surface area (Å²) in [6.45, 7) is 2.92. The lowest BCUT2D eigenvalue weighted by Crippen LogP contribution is -2.46. The van der Waals surface area contributed by atoms with Gasteiger partial charge >= 0.3 is 0 Å². The zero-order valence-electron chi connectivity index (χ0n) is 11.6. The number of hydrogen-bond acceptors (Lipinski definition) is 7. The summed E-state index contributed by atoms with van der Waals surface area (Å²) in [6, 6.07) is 3.53. The second-order valence-electron chi connectivity index (χ2n) is 4.81. The van der Waals surface area contributed by atoms with Gasteiger partial charge in [-0.2, -0.15) is 4.98 Å². The highest BCUT2D eigenvalue weighted by molar-refractivity contribution is 5.44. The summed E-state index contributed by atoms with van der Waals surface area (Å²) in [5.74, 6) is 1.44. The number of nitrogens with zero attached hydrogens (tertiary/aromatic N) is 2. The first-order valence-corrected chi connectivity index (χ1v) is 6.38. The molecule has 2 N–H and O–H groups in total. The average molecular weight is 281 g/mol. The van der Waals surface area contributed by atoms with E-state index in [1.807, 2.05) is 6.92 Å². The number of rotatable bonds is 8. The fourth-order valence-corrected chi connectivity index (χ4v) is 1.90. The van der Waals surface area contributed by atoms with Crippen LogP contribution in [0.15, 0.2) is 27.3 Å². The second kappa shape index (κ2) is 6.65. The predicted octanol–water partition coefficient (Wildman–Crippen LogP) is 1.21. The Labute approximate surface area is 116 Å². The molecule has 0 bridgehead atoms. The third-order valence-electron chi connectivity index (χ3n) is 3.00. The number of aliphatic hydroxyl groups is 1. The minimum absolute atomic E-state index is 0.0777. The zero-order valence-corrected chi connectivity index (χ0v) is 11.6. The fraction of sp³-hybridized carbons (Fsp3) is 0.538. The van der Waals surface area contributed by atoms with Gasteiger partial charge in [0.2, 0.25) is 11.7 Å². The number of aromatic nitrogens is 2. The molecule has 2 aromatic heterocycles. The van der Waals surface area contributed by atoms with Crippen LogP contribution in [0, 0.1) is 0 Å². The highest BCUT2D eigenvalue weighted by Gasteiger charge is 2.24. The average Bonchev–Trinajstić information content (AvgIpc) is 3.08. The number of hydrogen-bond donors (Lipinski definition) is 2. The van der Waals surface area contributed by atoms with Gasteiger partial charge in [0, 0.05) is 19.3 Å². The summed E-state index contributed by atoms with van der Waals surface area (Å²) in [6.07, 6.45) is 2.13. The first-order valence-electron chi connectivity index (χ1n) is 6.38. The van der Waals surface area contributed by atoms with Crippen LogP contribution in [0.3, 0.4) is 0 Å². The maximum atomic E-state index is 9.10. The molecule has 0 radical (unpaired) electrons. The monoisotopic (exact) mass is 281 g/mol. The minimum Gasteiger partial charge on any atom is -0.461 e. The molecule has 20 heavy (non-hydrogen) atoms. The van der Waals surface area contributed by atoms with Crippen molar-refractivity contribution >= 4 is 0 Å². The Morgan fingerprint density at radius 2 is 2.35 bits per heavy atom. The van der Waals surface area contributed by atoms with E-state index in [1.54, 1.807) is 25.5 Å². The molecule has 0 spiro atoms. The van der Waals surface area contributed by atoms with Crippen LogP contribution >= 0.6 is 0 Å². The third-order valence-corrected chi connectivity index (χ3v) is 3.00. The molecule has 0 amide bonds. The summed E-state index contributed by atoms with van der Waals surface area (Å²) in [5, 5.41) is 16.2. The standard InChI is InChI=1S/C13H19N3O4/c1-13(5-6-17,9-18-2)14-8-11-15-12(16-20-11)10-4-3-7-19-10/h3-4,7,14,17H,5-6,8-9H2,1-2H3. The van der Waals surface area contributed by atoms with Crippen molar-refractivity contribution in [2.24, 2.45) is 0 Å². The normalized spacial score (nSPS) is 14.3. The van der Waals surface area contributed by atoms with Crippen molar-refractivity contribution in [3.05, 3.63) is 24.3 Å². The van der Waals surface area contributed by atoms with Gasteiger partial charge in [-0.1, -0.05) is 5.16 Å². The number of methoxy groups -OCH3 is 1. The zero-order chi connectivity index (χ0) is 14.4. The van der Waals surface area contributed by atoms with Crippen LogP contribution in [-0.4, -0.2) is 41.1 Å². The molecule has 0 aromatic carbocycles. The van der Waals surface area contributed by atoms with Crippen molar-refractivity contribution in [3.63, 3.8) is 0 Å². The van der Waals surface area contributed by atoms with Gasteiger partial charge in [-0.25, -0.2) is 0 Å². The SMILES string of the molecule is COCC(C)(CCO)NCc1nc(-c2ccco2)no1. The maximum Gasteiger partial charge on any atom is 0.241 e. The van der Waals surface area contributed by atoms with E-state index in [2.05, 4.69) is 15.5 Å². The molecule has 0 aliphatic carbocycles. The van der Waals surface area contributed by atoms with E-state index in [-0.39, 0.29) is 12.1 Å². The molecule has 7 nitrogen and oxygen atoms in total. The maximum absolute atomic E-state index is 9.10. The largest absolute Gasteiger partial charge is 0.461 e. The lowest BCUT2D eigenvalue weighted by molar-refractivity contribution is 0.0948. The Morgan fingerprint density at radius 1 is 1.50 bits per heavy atom. The molecule has 0 aliphatic rings. The van der Waals surface area contributed by atoms with Crippen molar-refractivity contribution < 1.29 is 18.8 Å². The Balaban J connectivity index is 1.96. The van der Waals surface area contributed by atoms with Gasteiger partial charge in [0.1, 0.15) is 0 Å². The highest BCUT2D eigenvalue weighted by Crippen LogP contribution is 2.16. The summed E-state index contributed by atoms with van der Waals surface area (Å²) in [4.78, 5) is 4.24. The Bertz CT molecular complexity index is 503. The minimum atomic E-state index is -0.344. The number of nitrogens with one attached hydrogen (secondary N) is 1. The van der Waals surface area contributed by atoms with Crippen LogP contribution in [0.1, 0.15) is 19.2 Å². The van der Waals surface area contributed by atoms with Gasteiger partial charge in [0.15, 0.2) is 5.76 Å².